The lowest BCUT2D eigenvalue weighted by molar-refractivity contribution is 0.163. The van der Waals surface area contributed by atoms with E-state index in [4.69, 9.17) is 10.5 Å². The number of nitrogens with two attached hydrogens (primary N) is 1. The summed E-state index contributed by atoms with van der Waals surface area (Å²) < 4.78 is 20.8. The van der Waals surface area contributed by atoms with Crippen molar-refractivity contribution in [2.24, 2.45) is 5.73 Å². The Labute approximate surface area is 174 Å². The van der Waals surface area contributed by atoms with Crippen molar-refractivity contribution < 1.29 is 14.2 Å². The average Bonchev–Trinajstić information content (AvgIpc) is 3.24. The highest BCUT2D eigenvalue weighted by molar-refractivity contribution is 5.85. The zero-order valence-electron chi connectivity index (χ0n) is 16.0. The van der Waals surface area contributed by atoms with Crippen LogP contribution in [-0.4, -0.2) is 32.0 Å². The molecule has 0 aliphatic heterocycles. The highest BCUT2D eigenvalue weighted by Crippen LogP contribution is 2.34. The predicted octanol–water partition coefficient (Wildman–Crippen LogP) is 3.28. The quantitative estimate of drug-likeness (QED) is 0.664. The summed E-state index contributed by atoms with van der Waals surface area (Å²) in [5.41, 5.74) is 8.04. The lowest BCUT2D eigenvalue weighted by Gasteiger charge is -2.11. The van der Waals surface area contributed by atoms with Crippen LogP contribution in [-0.2, 0) is 6.61 Å². The lowest BCUT2D eigenvalue weighted by Crippen LogP contribution is -2.28. The van der Waals surface area contributed by atoms with Crippen LogP contribution in [0.1, 0.15) is 36.0 Å². The topological polar surface area (TPSA) is 86.2 Å². The van der Waals surface area contributed by atoms with E-state index in [-0.39, 0.29) is 36.8 Å². The predicted molar refractivity (Wildman–Crippen MR) is 110 cm³/mol. The first-order chi connectivity index (χ1) is 13.5. The molecule has 8 heteroatoms. The van der Waals surface area contributed by atoms with E-state index in [9.17, 15) is 9.50 Å². The van der Waals surface area contributed by atoms with Crippen LogP contribution in [0.3, 0.4) is 0 Å². The van der Waals surface area contributed by atoms with Gasteiger partial charge in [-0.15, -0.1) is 17.5 Å². The second kappa shape index (κ2) is 8.90. The van der Waals surface area contributed by atoms with Crippen molar-refractivity contribution in [2.45, 2.75) is 44.4 Å². The Morgan fingerprint density at radius 3 is 2.62 bits per heavy atom. The molecule has 4 rings (SSSR count). The third-order valence-electron chi connectivity index (χ3n) is 5.06. The summed E-state index contributed by atoms with van der Waals surface area (Å²) >= 11 is 0. The van der Waals surface area contributed by atoms with Crippen molar-refractivity contribution in [3.8, 4) is 11.4 Å². The molecule has 0 unspecified atom stereocenters. The van der Waals surface area contributed by atoms with Gasteiger partial charge in [-0.3, -0.25) is 0 Å². The highest BCUT2D eigenvalue weighted by Gasteiger charge is 2.34. The fraction of sp³-hybridized carbons (Fsp3) is 0.333. The van der Waals surface area contributed by atoms with E-state index in [1.165, 1.54) is 12.1 Å². The maximum absolute atomic E-state index is 13.3. The molecule has 2 aromatic carbocycles. The molecule has 0 amide bonds. The fourth-order valence-electron chi connectivity index (χ4n) is 3.53. The van der Waals surface area contributed by atoms with Gasteiger partial charge in [0, 0.05) is 18.0 Å². The van der Waals surface area contributed by atoms with Crippen molar-refractivity contribution in [3.63, 3.8) is 0 Å². The molecule has 1 aliphatic carbocycles. The third-order valence-corrected chi connectivity index (χ3v) is 5.06. The summed E-state index contributed by atoms with van der Waals surface area (Å²) in [5.74, 6) is 1.34. The van der Waals surface area contributed by atoms with Gasteiger partial charge in [-0.1, -0.05) is 23.8 Å². The number of aryl methyl sites for hydroxylation is 1. The van der Waals surface area contributed by atoms with Gasteiger partial charge in [0.05, 0.1) is 11.8 Å². The molecule has 3 aromatic rings. The molecule has 1 aliphatic rings. The molecule has 1 saturated carbocycles. The molecule has 6 nitrogen and oxygen atoms in total. The van der Waals surface area contributed by atoms with Crippen LogP contribution in [0.25, 0.3) is 5.69 Å². The lowest BCUT2D eigenvalue weighted by atomic mass is 10.1. The first-order valence-electron chi connectivity index (χ1n) is 9.34. The molecule has 0 spiro atoms. The van der Waals surface area contributed by atoms with Crippen molar-refractivity contribution >= 4 is 12.4 Å². The molecule has 0 saturated heterocycles. The summed E-state index contributed by atoms with van der Waals surface area (Å²) in [6, 6.07) is 13.7. The van der Waals surface area contributed by atoms with Crippen LogP contribution in [0.5, 0.6) is 5.75 Å². The Bertz CT molecular complexity index is 954. The van der Waals surface area contributed by atoms with Gasteiger partial charge in [0.1, 0.15) is 24.0 Å². The molecule has 1 heterocycles. The van der Waals surface area contributed by atoms with Crippen molar-refractivity contribution in [1.29, 1.82) is 0 Å². The molecule has 3 N–H and O–H groups in total. The third kappa shape index (κ3) is 4.75. The standard InChI is InChI=1S/C21H23FN4O2.ClH/c1-13-5-7-16(8-6-13)26-21(14-9-18(23)19(27)10-14)24-20(25-26)12-28-17-4-2-3-15(22)11-17;/h2-8,11,14,18-19,27H,9-10,12,23H2,1H3;1H/t14-,18+,19+;/m0./s1. The van der Waals surface area contributed by atoms with Gasteiger partial charge in [0.25, 0.3) is 0 Å². The smallest absolute Gasteiger partial charge is 0.188 e. The Balaban J connectivity index is 0.00000240. The Hall–Kier alpha value is -2.48. The minimum Gasteiger partial charge on any atom is -0.485 e. The Morgan fingerprint density at radius 2 is 1.97 bits per heavy atom. The number of halogens is 2. The van der Waals surface area contributed by atoms with E-state index in [0.717, 1.165) is 17.1 Å². The van der Waals surface area contributed by atoms with E-state index in [0.29, 0.717) is 24.4 Å². The minimum atomic E-state index is -0.542. The summed E-state index contributed by atoms with van der Waals surface area (Å²) in [5, 5.41) is 14.7. The van der Waals surface area contributed by atoms with Crippen LogP contribution >= 0.6 is 12.4 Å². The molecule has 154 valence electrons. The van der Waals surface area contributed by atoms with Gasteiger partial charge in [0.2, 0.25) is 0 Å². The maximum atomic E-state index is 13.3. The first-order valence-corrected chi connectivity index (χ1v) is 9.34. The number of aliphatic hydroxyl groups excluding tert-OH is 1. The van der Waals surface area contributed by atoms with Crippen LogP contribution in [0.2, 0.25) is 0 Å². The SMILES string of the molecule is Cc1ccc(-n2nc(COc3cccc(F)c3)nc2[C@H]2C[C@@H](N)[C@H](O)C2)cc1.Cl. The van der Waals surface area contributed by atoms with Crippen LogP contribution in [0.4, 0.5) is 4.39 Å². The van der Waals surface area contributed by atoms with Crippen molar-refractivity contribution in [2.75, 3.05) is 0 Å². The average molecular weight is 419 g/mol. The summed E-state index contributed by atoms with van der Waals surface area (Å²) in [7, 11) is 0. The van der Waals surface area contributed by atoms with E-state index in [1.54, 1.807) is 16.8 Å². The van der Waals surface area contributed by atoms with Gasteiger partial charge < -0.3 is 15.6 Å². The molecule has 0 bridgehead atoms. The number of benzene rings is 2. The van der Waals surface area contributed by atoms with E-state index in [2.05, 4.69) is 10.1 Å². The number of hydrogen-bond donors (Lipinski definition) is 2. The highest BCUT2D eigenvalue weighted by atomic mass is 35.5. The van der Waals surface area contributed by atoms with Gasteiger partial charge in [-0.05, 0) is 44.0 Å². The molecular weight excluding hydrogens is 395 g/mol. The summed E-state index contributed by atoms with van der Waals surface area (Å²) in [6.45, 7) is 2.15. The second-order valence-corrected chi connectivity index (χ2v) is 7.28. The molecule has 1 fully saturated rings. The summed E-state index contributed by atoms with van der Waals surface area (Å²) in [4.78, 5) is 4.66. The summed E-state index contributed by atoms with van der Waals surface area (Å²) in [6.07, 6.45) is 0.659. The van der Waals surface area contributed by atoms with Gasteiger partial charge >= 0.3 is 0 Å². The molecule has 1 aromatic heterocycles. The largest absolute Gasteiger partial charge is 0.485 e. The van der Waals surface area contributed by atoms with E-state index >= 15 is 0 Å². The van der Waals surface area contributed by atoms with Crippen LogP contribution < -0.4 is 10.5 Å². The normalized spacial score (nSPS) is 21.0. The zero-order valence-corrected chi connectivity index (χ0v) is 16.8. The molecule has 3 atom stereocenters. The molecular formula is C21H24ClFN4O2. The number of nitrogens with zero attached hydrogens (tertiary/aromatic N) is 3. The number of hydrogen-bond acceptors (Lipinski definition) is 5. The van der Waals surface area contributed by atoms with E-state index < -0.39 is 6.10 Å². The van der Waals surface area contributed by atoms with Gasteiger partial charge in [-0.2, -0.15) is 0 Å². The fourth-order valence-corrected chi connectivity index (χ4v) is 3.53. The van der Waals surface area contributed by atoms with Gasteiger partial charge in [0.15, 0.2) is 5.82 Å². The van der Waals surface area contributed by atoms with E-state index in [1.807, 2.05) is 31.2 Å². The van der Waals surface area contributed by atoms with Crippen molar-refractivity contribution in [1.82, 2.24) is 14.8 Å². The number of rotatable bonds is 5. The Morgan fingerprint density at radius 1 is 1.21 bits per heavy atom. The van der Waals surface area contributed by atoms with Crippen LogP contribution in [0, 0.1) is 12.7 Å². The van der Waals surface area contributed by atoms with Crippen molar-refractivity contribution in [3.05, 3.63) is 71.6 Å². The number of aliphatic hydroxyl groups is 1. The second-order valence-electron chi connectivity index (χ2n) is 7.28. The molecule has 29 heavy (non-hydrogen) atoms. The number of ether oxygens (including phenoxy) is 1. The zero-order chi connectivity index (χ0) is 19.7. The maximum Gasteiger partial charge on any atom is 0.188 e. The van der Waals surface area contributed by atoms with Gasteiger partial charge in [-0.25, -0.2) is 14.1 Å². The Kier molecular flexibility index (Phi) is 6.52. The van der Waals surface area contributed by atoms with Crippen LogP contribution in [0.15, 0.2) is 48.5 Å². The first kappa shape index (κ1) is 21.2. The molecule has 0 radical (unpaired) electrons. The minimum absolute atomic E-state index is 0. The number of aromatic nitrogens is 3. The monoisotopic (exact) mass is 418 g/mol.